The summed E-state index contributed by atoms with van der Waals surface area (Å²) in [5.74, 6) is 2.26. The topological polar surface area (TPSA) is 29.5 Å². The molecule has 0 bridgehead atoms. The quantitative estimate of drug-likeness (QED) is 0.890. The first kappa shape index (κ1) is 13.0. The Kier molecular flexibility index (Phi) is 4.07. The number of ether oxygens (including phenoxy) is 1. The number of aliphatic hydroxyl groups excluding tert-OH is 1. The van der Waals surface area contributed by atoms with Crippen LogP contribution in [0.5, 0.6) is 5.75 Å². The fourth-order valence-corrected chi connectivity index (χ4v) is 3.72. The molecular weight excluding hydrogens is 236 g/mol. The summed E-state index contributed by atoms with van der Waals surface area (Å²) in [6, 6.07) is 8.30. The van der Waals surface area contributed by atoms with Crippen molar-refractivity contribution in [2.45, 2.75) is 57.0 Å². The Balaban J connectivity index is 1.60. The maximum Gasteiger partial charge on any atom is 0.122 e. The average Bonchev–Trinajstić information content (AvgIpc) is 2.92. The Morgan fingerprint density at radius 3 is 2.74 bits per heavy atom. The van der Waals surface area contributed by atoms with Crippen molar-refractivity contribution >= 4 is 0 Å². The molecule has 0 radical (unpaired) electrons. The van der Waals surface area contributed by atoms with Crippen LogP contribution in [0.15, 0.2) is 24.3 Å². The van der Waals surface area contributed by atoms with E-state index in [1.807, 2.05) is 12.1 Å². The maximum atomic E-state index is 10.3. The van der Waals surface area contributed by atoms with Gasteiger partial charge in [-0.15, -0.1) is 0 Å². The first-order valence-corrected chi connectivity index (χ1v) is 7.72. The molecule has 0 amide bonds. The lowest BCUT2D eigenvalue weighted by Crippen LogP contribution is -2.20. The van der Waals surface area contributed by atoms with E-state index >= 15 is 0 Å². The van der Waals surface area contributed by atoms with Crippen molar-refractivity contribution in [3.8, 4) is 5.75 Å². The lowest BCUT2D eigenvalue weighted by atomic mass is 9.86. The number of rotatable bonds is 4. The fraction of sp³-hybridized carbons (Fsp3) is 0.647. The number of hydrogen-bond acceptors (Lipinski definition) is 2. The summed E-state index contributed by atoms with van der Waals surface area (Å²) in [6.45, 7) is 0.790. The van der Waals surface area contributed by atoms with Crippen LogP contribution in [0.4, 0.5) is 0 Å². The third-order valence-electron chi connectivity index (χ3n) is 4.72. The zero-order chi connectivity index (χ0) is 13.1. The highest BCUT2D eigenvalue weighted by Gasteiger charge is 2.25. The van der Waals surface area contributed by atoms with Crippen molar-refractivity contribution < 1.29 is 9.84 Å². The van der Waals surface area contributed by atoms with Gasteiger partial charge in [-0.1, -0.05) is 43.9 Å². The standard InChI is InChI=1S/C17H24O2/c18-15(11-13-5-1-2-6-13)12-14-9-10-19-17-8-4-3-7-16(14)17/h3-4,7-8,13-15,18H,1-2,5-6,9-12H2. The molecule has 1 aliphatic heterocycles. The highest BCUT2D eigenvalue weighted by Crippen LogP contribution is 2.38. The Hall–Kier alpha value is -1.02. The molecule has 19 heavy (non-hydrogen) atoms. The van der Waals surface area contributed by atoms with Gasteiger partial charge in [-0.2, -0.15) is 0 Å². The summed E-state index contributed by atoms with van der Waals surface area (Å²) in [5.41, 5.74) is 1.29. The second-order valence-electron chi connectivity index (χ2n) is 6.15. The molecule has 2 aliphatic rings. The molecule has 1 saturated carbocycles. The summed E-state index contributed by atoms with van der Waals surface area (Å²) in [5, 5.41) is 10.3. The van der Waals surface area contributed by atoms with Crippen LogP contribution in [-0.4, -0.2) is 17.8 Å². The molecule has 0 aromatic heterocycles. The van der Waals surface area contributed by atoms with Crippen molar-refractivity contribution in [2.24, 2.45) is 5.92 Å². The molecule has 1 N–H and O–H groups in total. The second kappa shape index (κ2) is 5.96. The van der Waals surface area contributed by atoms with Crippen molar-refractivity contribution in [3.63, 3.8) is 0 Å². The van der Waals surface area contributed by atoms with Gasteiger partial charge in [0.05, 0.1) is 12.7 Å². The van der Waals surface area contributed by atoms with Gasteiger partial charge in [0.1, 0.15) is 5.75 Å². The monoisotopic (exact) mass is 260 g/mol. The summed E-state index contributed by atoms with van der Waals surface area (Å²) in [6.07, 6.45) is 8.16. The summed E-state index contributed by atoms with van der Waals surface area (Å²) in [4.78, 5) is 0. The predicted molar refractivity (Wildman–Crippen MR) is 76.5 cm³/mol. The Morgan fingerprint density at radius 2 is 1.89 bits per heavy atom. The van der Waals surface area contributed by atoms with Gasteiger partial charge in [0.15, 0.2) is 0 Å². The highest BCUT2D eigenvalue weighted by molar-refractivity contribution is 5.37. The average molecular weight is 260 g/mol. The van der Waals surface area contributed by atoms with Crippen LogP contribution < -0.4 is 4.74 Å². The van der Waals surface area contributed by atoms with E-state index in [1.54, 1.807) is 0 Å². The van der Waals surface area contributed by atoms with Crippen LogP contribution in [0.3, 0.4) is 0 Å². The van der Waals surface area contributed by atoms with Crippen LogP contribution in [-0.2, 0) is 0 Å². The normalized spacial score (nSPS) is 24.8. The lowest BCUT2D eigenvalue weighted by molar-refractivity contribution is 0.117. The molecule has 1 aromatic carbocycles. The van der Waals surface area contributed by atoms with Crippen LogP contribution in [0, 0.1) is 5.92 Å². The van der Waals surface area contributed by atoms with Gasteiger partial charge in [-0.05, 0) is 42.7 Å². The lowest BCUT2D eigenvalue weighted by Gasteiger charge is -2.28. The van der Waals surface area contributed by atoms with Crippen molar-refractivity contribution in [1.82, 2.24) is 0 Å². The number of aliphatic hydroxyl groups is 1. The molecule has 3 rings (SSSR count). The number of para-hydroxylation sites is 1. The molecular formula is C17H24O2. The number of hydrogen-bond donors (Lipinski definition) is 1. The van der Waals surface area contributed by atoms with E-state index in [9.17, 15) is 5.11 Å². The van der Waals surface area contributed by atoms with Gasteiger partial charge in [-0.3, -0.25) is 0 Å². The number of fused-ring (bicyclic) bond motifs is 1. The zero-order valence-corrected chi connectivity index (χ0v) is 11.6. The molecule has 1 aliphatic carbocycles. The molecule has 2 atom stereocenters. The third-order valence-corrected chi connectivity index (χ3v) is 4.72. The summed E-state index contributed by atoms with van der Waals surface area (Å²) < 4.78 is 5.69. The fourth-order valence-electron chi connectivity index (χ4n) is 3.72. The predicted octanol–water partition coefficient (Wildman–Crippen LogP) is 3.88. The van der Waals surface area contributed by atoms with Gasteiger partial charge in [-0.25, -0.2) is 0 Å². The first-order valence-electron chi connectivity index (χ1n) is 7.72. The highest BCUT2D eigenvalue weighted by atomic mass is 16.5. The maximum absolute atomic E-state index is 10.3. The Morgan fingerprint density at radius 1 is 1.11 bits per heavy atom. The minimum absolute atomic E-state index is 0.140. The van der Waals surface area contributed by atoms with Gasteiger partial charge in [0.25, 0.3) is 0 Å². The summed E-state index contributed by atoms with van der Waals surface area (Å²) in [7, 11) is 0. The van der Waals surface area contributed by atoms with E-state index in [1.165, 1.54) is 31.2 Å². The number of benzene rings is 1. The van der Waals surface area contributed by atoms with Crippen LogP contribution in [0.25, 0.3) is 0 Å². The van der Waals surface area contributed by atoms with Crippen molar-refractivity contribution in [1.29, 1.82) is 0 Å². The van der Waals surface area contributed by atoms with E-state index in [2.05, 4.69) is 12.1 Å². The van der Waals surface area contributed by atoms with E-state index in [0.29, 0.717) is 5.92 Å². The molecule has 1 heterocycles. The SMILES string of the molecule is OC(CC1CCCC1)CC1CCOc2ccccc21. The Bertz CT molecular complexity index is 409. The van der Waals surface area contributed by atoms with Crippen molar-refractivity contribution in [2.75, 3.05) is 6.61 Å². The molecule has 0 saturated heterocycles. The minimum Gasteiger partial charge on any atom is -0.493 e. The van der Waals surface area contributed by atoms with E-state index < -0.39 is 0 Å². The molecule has 1 fully saturated rings. The molecule has 104 valence electrons. The molecule has 1 aromatic rings. The smallest absolute Gasteiger partial charge is 0.122 e. The Labute approximate surface area is 115 Å². The van der Waals surface area contributed by atoms with E-state index in [-0.39, 0.29) is 6.10 Å². The third kappa shape index (κ3) is 3.11. The molecule has 2 nitrogen and oxygen atoms in total. The van der Waals surface area contributed by atoms with Gasteiger partial charge in [0.2, 0.25) is 0 Å². The van der Waals surface area contributed by atoms with Gasteiger partial charge < -0.3 is 9.84 Å². The zero-order valence-electron chi connectivity index (χ0n) is 11.6. The van der Waals surface area contributed by atoms with Crippen LogP contribution in [0.1, 0.15) is 56.4 Å². The van der Waals surface area contributed by atoms with Gasteiger partial charge >= 0.3 is 0 Å². The van der Waals surface area contributed by atoms with E-state index in [4.69, 9.17) is 4.74 Å². The van der Waals surface area contributed by atoms with Crippen LogP contribution in [0.2, 0.25) is 0 Å². The minimum atomic E-state index is -0.140. The first-order chi connectivity index (χ1) is 9.33. The second-order valence-corrected chi connectivity index (χ2v) is 6.15. The molecule has 0 spiro atoms. The molecule has 2 unspecified atom stereocenters. The van der Waals surface area contributed by atoms with E-state index in [0.717, 1.165) is 37.5 Å². The largest absolute Gasteiger partial charge is 0.493 e. The van der Waals surface area contributed by atoms with Crippen molar-refractivity contribution in [3.05, 3.63) is 29.8 Å². The van der Waals surface area contributed by atoms with Gasteiger partial charge in [0, 0.05) is 0 Å². The summed E-state index contributed by atoms with van der Waals surface area (Å²) >= 11 is 0. The molecule has 2 heteroatoms. The van der Waals surface area contributed by atoms with Crippen LogP contribution >= 0.6 is 0 Å².